The van der Waals surface area contributed by atoms with E-state index >= 15 is 0 Å². The molecule has 1 N–H and O–H groups in total. The van der Waals surface area contributed by atoms with Crippen LogP contribution < -0.4 is 5.32 Å². The summed E-state index contributed by atoms with van der Waals surface area (Å²) < 4.78 is 6.04. The minimum atomic E-state index is 0.241. The summed E-state index contributed by atoms with van der Waals surface area (Å²) in [7, 11) is 0. The summed E-state index contributed by atoms with van der Waals surface area (Å²) in [4.78, 5) is 0. The third-order valence-electron chi connectivity index (χ3n) is 4.48. The minimum Gasteiger partial charge on any atom is -0.374 e. The number of ether oxygens (including phenoxy) is 1. The van der Waals surface area contributed by atoms with Gasteiger partial charge in [0.2, 0.25) is 0 Å². The molecule has 2 saturated heterocycles. The molecule has 1 spiro atoms. The molecule has 0 radical (unpaired) electrons. The third-order valence-corrected chi connectivity index (χ3v) is 5.70. The van der Waals surface area contributed by atoms with Gasteiger partial charge < -0.3 is 10.1 Å². The SMILES string of the molecule is CC1(CNC2CCOC3(CCSC3)C2)CC1. The van der Waals surface area contributed by atoms with Crippen molar-refractivity contribution in [3.8, 4) is 0 Å². The van der Waals surface area contributed by atoms with Gasteiger partial charge in [0, 0.05) is 24.9 Å². The summed E-state index contributed by atoms with van der Waals surface area (Å²) in [5, 5.41) is 3.79. The lowest BCUT2D eigenvalue weighted by atomic mass is 9.89. The van der Waals surface area contributed by atoms with Gasteiger partial charge in [-0.1, -0.05) is 6.92 Å². The van der Waals surface area contributed by atoms with E-state index in [1.807, 2.05) is 0 Å². The maximum Gasteiger partial charge on any atom is 0.0795 e. The van der Waals surface area contributed by atoms with Gasteiger partial charge in [0.1, 0.15) is 0 Å². The van der Waals surface area contributed by atoms with Crippen molar-refractivity contribution < 1.29 is 4.74 Å². The number of hydrogen-bond acceptors (Lipinski definition) is 3. The zero-order valence-corrected chi connectivity index (χ0v) is 11.1. The van der Waals surface area contributed by atoms with Gasteiger partial charge in [0.05, 0.1) is 5.60 Å². The fourth-order valence-corrected chi connectivity index (χ4v) is 4.22. The normalized spacial score (nSPS) is 41.4. The Bertz CT molecular complexity index is 259. The van der Waals surface area contributed by atoms with Crippen LogP contribution in [0.1, 0.15) is 39.0 Å². The molecule has 0 aromatic carbocycles. The van der Waals surface area contributed by atoms with Gasteiger partial charge in [-0.3, -0.25) is 0 Å². The Morgan fingerprint density at radius 1 is 1.38 bits per heavy atom. The molecule has 2 aliphatic heterocycles. The quantitative estimate of drug-likeness (QED) is 0.820. The van der Waals surface area contributed by atoms with Crippen LogP contribution in [0.4, 0.5) is 0 Å². The van der Waals surface area contributed by atoms with E-state index in [9.17, 15) is 0 Å². The van der Waals surface area contributed by atoms with Gasteiger partial charge in [0.25, 0.3) is 0 Å². The van der Waals surface area contributed by atoms with Crippen LogP contribution in [0.25, 0.3) is 0 Å². The smallest absolute Gasteiger partial charge is 0.0795 e. The molecule has 0 amide bonds. The molecule has 92 valence electrons. The Morgan fingerprint density at radius 3 is 2.94 bits per heavy atom. The molecule has 3 fully saturated rings. The van der Waals surface area contributed by atoms with E-state index in [0.717, 1.165) is 6.61 Å². The minimum absolute atomic E-state index is 0.241. The molecule has 2 heterocycles. The van der Waals surface area contributed by atoms with Crippen molar-refractivity contribution in [3.05, 3.63) is 0 Å². The van der Waals surface area contributed by atoms with Gasteiger partial charge in [-0.2, -0.15) is 11.8 Å². The van der Waals surface area contributed by atoms with Gasteiger partial charge in [0.15, 0.2) is 0 Å². The van der Waals surface area contributed by atoms with Crippen molar-refractivity contribution in [2.75, 3.05) is 24.7 Å². The molecular formula is C13H23NOS. The topological polar surface area (TPSA) is 21.3 Å². The average Bonchev–Trinajstić information content (AvgIpc) is 2.86. The standard InChI is InChI=1S/C13H23NOS/c1-12(3-4-12)9-14-11-2-6-15-13(8-11)5-7-16-10-13/h11,14H,2-10H2,1H3. The molecule has 1 saturated carbocycles. The summed E-state index contributed by atoms with van der Waals surface area (Å²) in [6.07, 6.45) is 6.57. The van der Waals surface area contributed by atoms with Gasteiger partial charge >= 0.3 is 0 Å². The Labute approximate surface area is 103 Å². The molecule has 0 aromatic heterocycles. The van der Waals surface area contributed by atoms with Crippen molar-refractivity contribution in [2.24, 2.45) is 5.41 Å². The molecule has 2 atom stereocenters. The predicted molar refractivity (Wildman–Crippen MR) is 69.0 cm³/mol. The highest BCUT2D eigenvalue weighted by Crippen LogP contribution is 2.44. The van der Waals surface area contributed by atoms with Crippen molar-refractivity contribution in [2.45, 2.75) is 50.7 Å². The van der Waals surface area contributed by atoms with E-state index in [0.29, 0.717) is 11.5 Å². The van der Waals surface area contributed by atoms with E-state index in [-0.39, 0.29) is 5.60 Å². The first-order valence-electron chi connectivity index (χ1n) is 6.65. The summed E-state index contributed by atoms with van der Waals surface area (Å²) >= 11 is 2.06. The Hall–Kier alpha value is 0.270. The van der Waals surface area contributed by atoms with E-state index in [1.165, 1.54) is 50.2 Å². The fourth-order valence-electron chi connectivity index (χ4n) is 2.85. The van der Waals surface area contributed by atoms with Crippen LogP contribution in [-0.2, 0) is 4.74 Å². The lowest BCUT2D eigenvalue weighted by Crippen LogP contribution is -2.48. The number of hydrogen-bond donors (Lipinski definition) is 1. The molecule has 0 aromatic rings. The van der Waals surface area contributed by atoms with Crippen LogP contribution in [0.5, 0.6) is 0 Å². The lowest BCUT2D eigenvalue weighted by molar-refractivity contribution is -0.0704. The van der Waals surface area contributed by atoms with Gasteiger partial charge in [-0.25, -0.2) is 0 Å². The van der Waals surface area contributed by atoms with E-state index < -0.39 is 0 Å². The highest BCUT2D eigenvalue weighted by molar-refractivity contribution is 7.99. The maximum atomic E-state index is 6.04. The summed E-state index contributed by atoms with van der Waals surface area (Å²) in [6, 6.07) is 0.713. The molecule has 2 nitrogen and oxygen atoms in total. The van der Waals surface area contributed by atoms with Crippen LogP contribution in [0.2, 0.25) is 0 Å². The molecule has 0 bridgehead atoms. The van der Waals surface area contributed by atoms with Crippen molar-refractivity contribution in [3.63, 3.8) is 0 Å². The summed E-state index contributed by atoms with van der Waals surface area (Å²) in [6.45, 7) is 4.59. The lowest BCUT2D eigenvalue weighted by Gasteiger charge is -2.38. The maximum absolute atomic E-state index is 6.04. The van der Waals surface area contributed by atoms with Crippen LogP contribution in [0.3, 0.4) is 0 Å². The van der Waals surface area contributed by atoms with E-state index in [2.05, 4.69) is 24.0 Å². The van der Waals surface area contributed by atoms with Crippen LogP contribution >= 0.6 is 11.8 Å². The van der Waals surface area contributed by atoms with Crippen molar-refractivity contribution in [1.29, 1.82) is 0 Å². The summed E-state index contributed by atoms with van der Waals surface area (Å²) in [5.41, 5.74) is 0.876. The number of nitrogens with one attached hydrogen (secondary N) is 1. The first-order valence-corrected chi connectivity index (χ1v) is 7.80. The molecule has 3 rings (SSSR count). The monoisotopic (exact) mass is 241 g/mol. The third kappa shape index (κ3) is 2.41. The van der Waals surface area contributed by atoms with Gasteiger partial charge in [-0.15, -0.1) is 0 Å². The van der Waals surface area contributed by atoms with Crippen LogP contribution in [0, 0.1) is 5.41 Å². The Morgan fingerprint density at radius 2 is 2.25 bits per heavy atom. The fraction of sp³-hybridized carbons (Fsp3) is 1.00. The van der Waals surface area contributed by atoms with Crippen molar-refractivity contribution >= 4 is 11.8 Å². The molecule has 3 heteroatoms. The van der Waals surface area contributed by atoms with E-state index in [1.54, 1.807) is 0 Å². The van der Waals surface area contributed by atoms with Crippen molar-refractivity contribution in [1.82, 2.24) is 5.32 Å². The molecule has 1 aliphatic carbocycles. The highest BCUT2D eigenvalue weighted by atomic mass is 32.2. The second-order valence-electron chi connectivity index (χ2n) is 6.22. The predicted octanol–water partition coefficient (Wildman–Crippen LogP) is 2.43. The average molecular weight is 241 g/mol. The Kier molecular flexibility index (Phi) is 2.97. The van der Waals surface area contributed by atoms with Crippen LogP contribution in [0.15, 0.2) is 0 Å². The molecule has 2 unspecified atom stereocenters. The largest absolute Gasteiger partial charge is 0.374 e. The zero-order valence-electron chi connectivity index (χ0n) is 10.3. The number of thioether (sulfide) groups is 1. The first-order chi connectivity index (χ1) is 7.70. The second kappa shape index (κ2) is 4.18. The summed E-state index contributed by atoms with van der Waals surface area (Å²) in [5.74, 6) is 2.52. The highest BCUT2D eigenvalue weighted by Gasteiger charge is 2.42. The molecule has 16 heavy (non-hydrogen) atoms. The zero-order chi connectivity index (χ0) is 11.1. The second-order valence-corrected chi connectivity index (χ2v) is 7.32. The van der Waals surface area contributed by atoms with Crippen LogP contribution in [-0.4, -0.2) is 36.3 Å². The Balaban J connectivity index is 1.51. The molecular weight excluding hydrogens is 218 g/mol. The molecule has 3 aliphatic rings. The van der Waals surface area contributed by atoms with Gasteiger partial charge in [-0.05, 0) is 43.3 Å². The number of rotatable bonds is 3. The van der Waals surface area contributed by atoms with E-state index in [4.69, 9.17) is 4.74 Å². The first kappa shape index (κ1) is 11.4.